The second-order valence-electron chi connectivity index (χ2n) is 8.92. The van der Waals surface area contributed by atoms with E-state index in [0.717, 1.165) is 12.1 Å². The van der Waals surface area contributed by atoms with E-state index < -0.39 is 52.6 Å². The molecule has 1 saturated heterocycles. The molecule has 39 heavy (non-hydrogen) atoms. The molecule has 3 heterocycles. The summed E-state index contributed by atoms with van der Waals surface area (Å²) in [4.78, 5) is 23.1. The van der Waals surface area contributed by atoms with Crippen LogP contribution >= 0.6 is 22.9 Å². The van der Waals surface area contributed by atoms with Crippen LogP contribution in [0.3, 0.4) is 0 Å². The summed E-state index contributed by atoms with van der Waals surface area (Å²) in [7, 11) is -1.16. The van der Waals surface area contributed by atoms with E-state index in [-0.39, 0.29) is 32.4 Å². The molecule has 1 aliphatic heterocycles. The number of hydrogen-bond donors (Lipinski definition) is 1. The van der Waals surface area contributed by atoms with E-state index in [9.17, 15) is 35.2 Å². The first-order valence-corrected chi connectivity index (χ1v) is 13.9. The van der Waals surface area contributed by atoms with Gasteiger partial charge in [0.05, 0.1) is 34.4 Å². The normalized spacial score (nSPS) is 17.8. The van der Waals surface area contributed by atoms with Crippen molar-refractivity contribution < 1.29 is 35.2 Å². The molecule has 8 nitrogen and oxygen atoms in total. The van der Waals surface area contributed by atoms with Crippen LogP contribution in [-0.4, -0.2) is 61.2 Å². The third-order valence-corrected chi connectivity index (χ3v) is 9.31. The summed E-state index contributed by atoms with van der Waals surface area (Å²) in [5.41, 5.74) is 0.000656. The van der Waals surface area contributed by atoms with Crippen molar-refractivity contribution in [3.8, 4) is 11.3 Å². The van der Waals surface area contributed by atoms with Gasteiger partial charge in [0.25, 0.3) is 15.9 Å². The van der Waals surface area contributed by atoms with E-state index in [1.54, 1.807) is 14.1 Å². The predicted octanol–water partition coefficient (Wildman–Crippen LogP) is 4.66. The second kappa shape index (κ2) is 10.6. The first kappa shape index (κ1) is 29.1. The van der Waals surface area contributed by atoms with Gasteiger partial charge in [-0.25, -0.2) is 27.2 Å². The first-order chi connectivity index (χ1) is 18.1. The Morgan fingerprint density at radius 1 is 1.18 bits per heavy atom. The number of amides is 1. The molecule has 0 bridgehead atoms. The fourth-order valence-electron chi connectivity index (χ4n) is 3.86. The molecule has 16 heteroatoms. The summed E-state index contributed by atoms with van der Waals surface area (Å²) < 4.78 is 93.8. The molecular weight excluding hydrogens is 589 g/mol. The summed E-state index contributed by atoms with van der Waals surface area (Å²) >= 11 is 6.49. The monoisotopic (exact) mass is 609 g/mol. The van der Waals surface area contributed by atoms with Crippen LogP contribution in [0.4, 0.5) is 27.9 Å². The molecule has 1 aliphatic rings. The Labute approximate surface area is 229 Å². The number of halogens is 6. The van der Waals surface area contributed by atoms with Crippen LogP contribution < -0.4 is 10.2 Å². The quantitative estimate of drug-likeness (QED) is 0.392. The number of benzene rings is 1. The van der Waals surface area contributed by atoms with Gasteiger partial charge in [-0.1, -0.05) is 23.7 Å². The van der Waals surface area contributed by atoms with Gasteiger partial charge in [-0.3, -0.25) is 4.79 Å². The van der Waals surface area contributed by atoms with Gasteiger partial charge < -0.3 is 10.2 Å². The average molecular weight is 610 g/mol. The zero-order chi connectivity index (χ0) is 28.8. The third kappa shape index (κ3) is 6.48. The summed E-state index contributed by atoms with van der Waals surface area (Å²) in [5, 5.41) is 2.45. The van der Waals surface area contributed by atoms with Crippen molar-refractivity contribution >= 4 is 44.8 Å². The van der Waals surface area contributed by atoms with Gasteiger partial charge in [-0.05, 0) is 30.3 Å². The van der Waals surface area contributed by atoms with Crippen molar-refractivity contribution in [3.05, 3.63) is 58.1 Å². The number of anilines is 1. The van der Waals surface area contributed by atoms with E-state index in [1.807, 2.05) is 0 Å². The van der Waals surface area contributed by atoms with Gasteiger partial charge in [0.15, 0.2) is 0 Å². The minimum absolute atomic E-state index is 0.143. The van der Waals surface area contributed by atoms with Crippen molar-refractivity contribution in [2.24, 2.45) is 0 Å². The lowest BCUT2D eigenvalue weighted by Gasteiger charge is -2.22. The molecule has 0 radical (unpaired) electrons. The standard InChI is InChI=1S/C23H21ClF5N5O3S2/c1-33(2)21-31-15(9-16(32-21)13-3-5-14(6-4-13)23(27,28)29)11-30-20(35)17-10-22(25,26)12-34(17)39(36,37)19-8-7-18(24)38-19/h3-9,17H,10-12H2,1-2H3,(H,30,35). The average Bonchev–Trinajstić information content (AvgIpc) is 3.45. The lowest BCUT2D eigenvalue weighted by atomic mass is 10.1. The van der Waals surface area contributed by atoms with Crippen molar-refractivity contribution in [2.45, 2.75) is 35.3 Å². The molecule has 0 spiro atoms. The highest BCUT2D eigenvalue weighted by atomic mass is 35.5. The Morgan fingerprint density at radius 2 is 1.85 bits per heavy atom. The Morgan fingerprint density at radius 3 is 2.41 bits per heavy atom. The van der Waals surface area contributed by atoms with Crippen molar-refractivity contribution in [2.75, 3.05) is 25.5 Å². The first-order valence-electron chi connectivity index (χ1n) is 11.2. The van der Waals surface area contributed by atoms with Crippen LogP contribution in [0.5, 0.6) is 0 Å². The van der Waals surface area contributed by atoms with E-state index in [1.165, 1.54) is 35.2 Å². The number of aromatic nitrogens is 2. The fourth-order valence-corrected chi connectivity index (χ4v) is 7.09. The van der Waals surface area contributed by atoms with Crippen molar-refractivity contribution in [1.29, 1.82) is 0 Å². The smallest absolute Gasteiger partial charge is 0.349 e. The van der Waals surface area contributed by atoms with Gasteiger partial charge in [0.2, 0.25) is 11.9 Å². The Kier molecular flexibility index (Phi) is 7.91. The minimum atomic E-state index is -4.51. The fraction of sp³-hybridized carbons (Fsp3) is 0.348. The number of sulfonamides is 1. The molecule has 4 rings (SSSR count). The van der Waals surface area contributed by atoms with Crippen LogP contribution in [0.1, 0.15) is 17.7 Å². The Hall–Kier alpha value is -2.88. The number of alkyl halides is 5. The van der Waals surface area contributed by atoms with Gasteiger partial charge in [-0.2, -0.15) is 17.5 Å². The van der Waals surface area contributed by atoms with Gasteiger partial charge >= 0.3 is 6.18 Å². The highest BCUT2D eigenvalue weighted by molar-refractivity contribution is 7.91. The summed E-state index contributed by atoms with van der Waals surface area (Å²) in [5.74, 6) is -4.21. The van der Waals surface area contributed by atoms with E-state index in [2.05, 4.69) is 15.3 Å². The maximum Gasteiger partial charge on any atom is 0.416 e. The molecule has 1 unspecified atom stereocenters. The summed E-state index contributed by atoms with van der Waals surface area (Å²) in [6.45, 7) is -1.45. The number of carbonyl (C=O) groups excluding carboxylic acids is 1. The summed E-state index contributed by atoms with van der Waals surface area (Å²) in [6.07, 6.45) is -5.52. The lowest BCUT2D eigenvalue weighted by Crippen LogP contribution is -2.45. The number of carbonyl (C=O) groups is 1. The van der Waals surface area contributed by atoms with Gasteiger partial charge in [0, 0.05) is 26.1 Å². The zero-order valence-electron chi connectivity index (χ0n) is 20.3. The van der Waals surface area contributed by atoms with E-state index in [0.29, 0.717) is 21.2 Å². The maximum absolute atomic E-state index is 14.3. The summed E-state index contributed by atoms with van der Waals surface area (Å²) in [6, 6.07) is 6.54. The number of rotatable bonds is 7. The molecule has 1 fully saturated rings. The van der Waals surface area contributed by atoms with Gasteiger partial charge in [-0.15, -0.1) is 11.3 Å². The molecular formula is C23H21ClF5N5O3S2. The molecule has 1 N–H and O–H groups in total. The maximum atomic E-state index is 14.3. The molecule has 3 aromatic rings. The highest BCUT2D eigenvalue weighted by Gasteiger charge is 2.53. The topological polar surface area (TPSA) is 95.5 Å². The second-order valence-corrected chi connectivity index (χ2v) is 12.7. The number of hydrogen-bond acceptors (Lipinski definition) is 7. The Bertz CT molecular complexity index is 1480. The molecule has 0 aliphatic carbocycles. The predicted molar refractivity (Wildman–Crippen MR) is 135 cm³/mol. The zero-order valence-corrected chi connectivity index (χ0v) is 22.7. The van der Waals surface area contributed by atoms with Crippen LogP contribution in [0.15, 0.2) is 46.7 Å². The van der Waals surface area contributed by atoms with Crippen LogP contribution in [-0.2, 0) is 27.5 Å². The van der Waals surface area contributed by atoms with Crippen molar-refractivity contribution in [1.82, 2.24) is 19.6 Å². The third-order valence-electron chi connectivity index (χ3n) is 5.76. The van der Waals surface area contributed by atoms with Crippen LogP contribution in [0.25, 0.3) is 11.3 Å². The molecule has 1 amide bonds. The number of thiophene rings is 1. The largest absolute Gasteiger partial charge is 0.416 e. The molecule has 2 aromatic heterocycles. The molecule has 1 atom stereocenters. The number of nitrogens with one attached hydrogen (secondary N) is 1. The molecule has 1 aromatic carbocycles. The number of nitrogens with zero attached hydrogens (tertiary/aromatic N) is 4. The van der Waals surface area contributed by atoms with E-state index >= 15 is 0 Å². The molecule has 0 saturated carbocycles. The lowest BCUT2D eigenvalue weighted by molar-refractivity contribution is -0.137. The van der Waals surface area contributed by atoms with Crippen molar-refractivity contribution in [3.63, 3.8) is 0 Å². The van der Waals surface area contributed by atoms with E-state index in [4.69, 9.17) is 11.6 Å². The SMILES string of the molecule is CN(C)c1nc(CNC(=O)C2CC(F)(F)CN2S(=O)(=O)c2ccc(Cl)s2)cc(-c2ccc(C(F)(F)F)cc2)n1. The Balaban J connectivity index is 1.57. The minimum Gasteiger partial charge on any atom is -0.349 e. The highest BCUT2D eigenvalue weighted by Crippen LogP contribution is 2.38. The van der Waals surface area contributed by atoms with Crippen LogP contribution in [0, 0.1) is 0 Å². The van der Waals surface area contributed by atoms with Crippen LogP contribution in [0.2, 0.25) is 4.34 Å². The van der Waals surface area contributed by atoms with Gasteiger partial charge in [0.1, 0.15) is 10.3 Å². The molecule has 210 valence electrons.